The molecule has 4 heteroatoms. The summed E-state index contributed by atoms with van der Waals surface area (Å²) in [6.07, 6.45) is 5.87. The van der Waals surface area contributed by atoms with E-state index in [4.69, 9.17) is 10.7 Å². The van der Waals surface area contributed by atoms with Gasteiger partial charge in [0.2, 0.25) is 0 Å². The van der Waals surface area contributed by atoms with E-state index >= 15 is 0 Å². The lowest BCUT2D eigenvalue weighted by atomic mass is 9.97. The van der Waals surface area contributed by atoms with Crippen molar-refractivity contribution >= 4 is 11.3 Å². The van der Waals surface area contributed by atoms with Crippen molar-refractivity contribution in [2.45, 2.75) is 44.1 Å². The maximum Gasteiger partial charge on any atom is 0.0974 e. The Labute approximate surface area is 107 Å². The summed E-state index contributed by atoms with van der Waals surface area (Å²) in [6, 6.07) is 0.366. The highest BCUT2D eigenvalue weighted by molar-refractivity contribution is 7.11. The highest BCUT2D eigenvalue weighted by Gasteiger charge is 2.25. The van der Waals surface area contributed by atoms with Crippen molar-refractivity contribution in [3.05, 3.63) is 15.6 Å². The summed E-state index contributed by atoms with van der Waals surface area (Å²) >= 11 is 1.93. The maximum atomic E-state index is 6.03. The minimum absolute atomic E-state index is 0.366. The molecule has 0 aromatic carbocycles. The smallest absolute Gasteiger partial charge is 0.0974 e. The number of likely N-dealkylation sites (N-methyl/N-ethyl adjacent to an activating group) is 1. The van der Waals surface area contributed by atoms with E-state index in [1.54, 1.807) is 0 Å². The van der Waals surface area contributed by atoms with Gasteiger partial charge in [-0.25, -0.2) is 4.98 Å². The Morgan fingerprint density at radius 3 is 3.12 bits per heavy atom. The molecule has 3 rings (SSSR count). The molecule has 2 aliphatic rings. The average molecular weight is 251 g/mol. The summed E-state index contributed by atoms with van der Waals surface area (Å²) in [6.45, 7) is 2.42. The van der Waals surface area contributed by atoms with Crippen molar-refractivity contribution in [2.75, 3.05) is 20.1 Å². The lowest BCUT2D eigenvalue weighted by molar-refractivity contribution is 0.250. The van der Waals surface area contributed by atoms with Gasteiger partial charge in [-0.2, -0.15) is 0 Å². The molecule has 1 aromatic rings. The number of rotatable bonds is 1. The summed E-state index contributed by atoms with van der Waals surface area (Å²) in [5, 5.41) is 1.37. The fraction of sp³-hybridized carbons (Fsp3) is 0.769. The molecule has 2 atom stereocenters. The lowest BCUT2D eigenvalue weighted by Crippen LogP contribution is -2.30. The molecular weight excluding hydrogens is 230 g/mol. The van der Waals surface area contributed by atoms with Crippen LogP contribution in [0.2, 0.25) is 0 Å². The molecule has 2 heterocycles. The van der Waals surface area contributed by atoms with Gasteiger partial charge in [0.15, 0.2) is 0 Å². The van der Waals surface area contributed by atoms with Crippen molar-refractivity contribution in [1.82, 2.24) is 9.88 Å². The van der Waals surface area contributed by atoms with E-state index < -0.39 is 0 Å². The summed E-state index contributed by atoms with van der Waals surface area (Å²) in [4.78, 5) is 8.78. The third-order valence-electron chi connectivity index (χ3n) is 3.97. The number of piperidine rings is 1. The van der Waals surface area contributed by atoms with Crippen molar-refractivity contribution in [2.24, 2.45) is 5.73 Å². The predicted molar refractivity (Wildman–Crippen MR) is 71.6 cm³/mol. The molecule has 1 aromatic heterocycles. The second kappa shape index (κ2) is 4.67. The zero-order valence-corrected chi connectivity index (χ0v) is 11.3. The van der Waals surface area contributed by atoms with Gasteiger partial charge in [0.25, 0.3) is 0 Å². The summed E-state index contributed by atoms with van der Waals surface area (Å²) in [7, 11) is 2.22. The molecule has 1 aliphatic carbocycles. The number of thiazole rings is 1. The summed E-state index contributed by atoms with van der Waals surface area (Å²) in [5.74, 6) is 0.667. The maximum absolute atomic E-state index is 6.03. The van der Waals surface area contributed by atoms with Crippen LogP contribution in [0.1, 0.15) is 40.8 Å². The number of hydrogen-bond donors (Lipinski definition) is 1. The minimum Gasteiger partial charge on any atom is -0.327 e. The van der Waals surface area contributed by atoms with Crippen LogP contribution in [0.25, 0.3) is 0 Å². The first kappa shape index (κ1) is 11.6. The lowest BCUT2D eigenvalue weighted by Gasteiger charge is -2.28. The number of aryl methyl sites for hydroxylation is 1. The highest BCUT2D eigenvalue weighted by Crippen LogP contribution is 2.34. The molecule has 0 bridgehead atoms. The normalized spacial score (nSPS) is 30.2. The quantitative estimate of drug-likeness (QED) is 0.827. The first-order valence-corrected chi connectivity index (χ1v) is 7.46. The Bertz CT molecular complexity index is 401. The van der Waals surface area contributed by atoms with E-state index in [0.717, 1.165) is 19.3 Å². The fourth-order valence-corrected chi connectivity index (χ4v) is 4.29. The van der Waals surface area contributed by atoms with E-state index in [2.05, 4.69) is 11.9 Å². The average Bonchev–Trinajstić information content (AvgIpc) is 2.72. The molecule has 1 saturated heterocycles. The number of aromatic nitrogens is 1. The van der Waals surface area contributed by atoms with E-state index in [1.165, 1.54) is 41.5 Å². The van der Waals surface area contributed by atoms with Crippen LogP contribution >= 0.6 is 11.3 Å². The molecule has 0 spiro atoms. The third kappa shape index (κ3) is 2.39. The van der Waals surface area contributed by atoms with Gasteiger partial charge >= 0.3 is 0 Å². The Balaban J connectivity index is 1.79. The van der Waals surface area contributed by atoms with Gasteiger partial charge in [0, 0.05) is 23.4 Å². The molecule has 17 heavy (non-hydrogen) atoms. The second-order valence-electron chi connectivity index (χ2n) is 5.53. The highest BCUT2D eigenvalue weighted by atomic mass is 32.1. The van der Waals surface area contributed by atoms with Gasteiger partial charge < -0.3 is 10.6 Å². The van der Waals surface area contributed by atoms with Crippen molar-refractivity contribution in [3.8, 4) is 0 Å². The number of fused-ring (bicyclic) bond motifs is 1. The Morgan fingerprint density at radius 1 is 1.41 bits per heavy atom. The molecular formula is C13H21N3S. The largest absolute Gasteiger partial charge is 0.327 e. The van der Waals surface area contributed by atoms with Crippen LogP contribution in [0.4, 0.5) is 0 Å². The zero-order valence-electron chi connectivity index (χ0n) is 10.5. The molecule has 0 saturated carbocycles. The molecule has 3 nitrogen and oxygen atoms in total. The first-order chi connectivity index (χ1) is 8.22. The van der Waals surface area contributed by atoms with Gasteiger partial charge in [0.05, 0.1) is 10.7 Å². The van der Waals surface area contributed by atoms with Crippen LogP contribution in [0, 0.1) is 0 Å². The molecule has 1 fully saturated rings. The van der Waals surface area contributed by atoms with Gasteiger partial charge in [-0.05, 0) is 45.7 Å². The van der Waals surface area contributed by atoms with Crippen molar-refractivity contribution in [1.29, 1.82) is 0 Å². The molecule has 0 radical (unpaired) electrons. The van der Waals surface area contributed by atoms with Crippen LogP contribution in [-0.4, -0.2) is 36.1 Å². The fourth-order valence-electron chi connectivity index (χ4n) is 2.96. The molecule has 0 amide bonds. The number of nitrogens with two attached hydrogens (primary N) is 1. The molecule has 2 unspecified atom stereocenters. The Morgan fingerprint density at radius 2 is 2.29 bits per heavy atom. The van der Waals surface area contributed by atoms with Crippen LogP contribution in [0.5, 0.6) is 0 Å². The Hall–Kier alpha value is -0.450. The zero-order chi connectivity index (χ0) is 11.8. The van der Waals surface area contributed by atoms with Crippen LogP contribution in [0.3, 0.4) is 0 Å². The van der Waals surface area contributed by atoms with E-state index in [1.807, 2.05) is 11.3 Å². The Kier molecular flexibility index (Phi) is 3.19. The van der Waals surface area contributed by atoms with Gasteiger partial charge in [-0.15, -0.1) is 11.3 Å². The van der Waals surface area contributed by atoms with E-state index in [-0.39, 0.29) is 0 Å². The standard InChI is InChI=1S/C13H21N3S/c1-16-6-2-3-9(8-16)13-15-11-5-4-10(14)7-12(11)17-13/h9-10H,2-8,14H2,1H3. The molecule has 2 N–H and O–H groups in total. The second-order valence-corrected chi connectivity index (χ2v) is 6.64. The first-order valence-electron chi connectivity index (χ1n) is 6.65. The van der Waals surface area contributed by atoms with E-state index in [9.17, 15) is 0 Å². The molecule has 94 valence electrons. The van der Waals surface area contributed by atoms with Crippen LogP contribution < -0.4 is 5.73 Å². The van der Waals surface area contributed by atoms with Crippen LogP contribution in [-0.2, 0) is 12.8 Å². The molecule has 1 aliphatic heterocycles. The topological polar surface area (TPSA) is 42.2 Å². The van der Waals surface area contributed by atoms with Crippen molar-refractivity contribution in [3.63, 3.8) is 0 Å². The number of hydrogen-bond acceptors (Lipinski definition) is 4. The SMILES string of the molecule is CN1CCCC(c2nc3c(s2)CC(N)CC3)C1. The summed E-state index contributed by atoms with van der Waals surface area (Å²) in [5.41, 5.74) is 7.38. The van der Waals surface area contributed by atoms with Gasteiger partial charge in [0.1, 0.15) is 0 Å². The van der Waals surface area contributed by atoms with Crippen LogP contribution in [0.15, 0.2) is 0 Å². The predicted octanol–water partition coefficient (Wildman–Crippen LogP) is 1.77. The monoisotopic (exact) mass is 251 g/mol. The number of nitrogens with zero attached hydrogens (tertiary/aromatic N) is 2. The summed E-state index contributed by atoms with van der Waals surface area (Å²) < 4.78 is 0. The third-order valence-corrected chi connectivity index (χ3v) is 5.25. The minimum atomic E-state index is 0.366. The number of likely N-dealkylation sites (tertiary alicyclic amines) is 1. The van der Waals surface area contributed by atoms with Gasteiger partial charge in [-0.3, -0.25) is 0 Å². The van der Waals surface area contributed by atoms with Gasteiger partial charge in [-0.1, -0.05) is 0 Å². The van der Waals surface area contributed by atoms with E-state index in [0.29, 0.717) is 12.0 Å². The van der Waals surface area contributed by atoms with Crippen molar-refractivity contribution < 1.29 is 0 Å².